The summed E-state index contributed by atoms with van der Waals surface area (Å²) in [4.78, 5) is 0. The molecule has 0 spiro atoms. The van der Waals surface area contributed by atoms with E-state index in [2.05, 4.69) is 15.9 Å². The Morgan fingerprint density at radius 3 is 2.43 bits per heavy atom. The van der Waals surface area contributed by atoms with E-state index in [0.717, 1.165) is 10.8 Å². The van der Waals surface area contributed by atoms with E-state index in [1.54, 1.807) is 24.3 Å². The quantitative estimate of drug-likeness (QED) is 0.720. The highest BCUT2D eigenvalue weighted by Crippen LogP contribution is 2.32. The normalized spacial score (nSPS) is 10.8. The van der Waals surface area contributed by atoms with Gasteiger partial charge in [0.05, 0.1) is 0 Å². The molecule has 0 fully saturated rings. The monoisotopic (exact) mass is 346 g/mol. The van der Waals surface area contributed by atoms with Gasteiger partial charge in [-0.15, -0.1) is 0 Å². The molecule has 106 valence electrons. The molecule has 0 heterocycles. The van der Waals surface area contributed by atoms with Crippen LogP contribution in [0.2, 0.25) is 0 Å². The fraction of sp³-hybridized carbons (Fsp3) is 0.0588. The molecule has 0 atom stereocenters. The molecular weight excluding hydrogens is 335 g/mol. The van der Waals surface area contributed by atoms with Gasteiger partial charge in [-0.25, -0.2) is 4.39 Å². The largest absolute Gasteiger partial charge is 0.504 e. The van der Waals surface area contributed by atoms with Crippen molar-refractivity contribution in [2.75, 3.05) is 0 Å². The van der Waals surface area contributed by atoms with Gasteiger partial charge in [0.2, 0.25) is 0 Å². The van der Waals surface area contributed by atoms with Crippen molar-refractivity contribution in [3.8, 4) is 11.5 Å². The van der Waals surface area contributed by atoms with Gasteiger partial charge in [0, 0.05) is 10.0 Å². The van der Waals surface area contributed by atoms with Crippen LogP contribution in [0, 0.1) is 5.82 Å². The maximum absolute atomic E-state index is 13.7. The summed E-state index contributed by atoms with van der Waals surface area (Å²) >= 11 is 3.21. The van der Waals surface area contributed by atoms with Gasteiger partial charge in [0.15, 0.2) is 11.5 Å². The van der Waals surface area contributed by atoms with Crippen LogP contribution in [0.25, 0.3) is 10.8 Å². The lowest BCUT2D eigenvalue weighted by atomic mass is 10.1. The van der Waals surface area contributed by atoms with Crippen molar-refractivity contribution in [3.05, 3.63) is 70.5 Å². The van der Waals surface area contributed by atoms with Crippen LogP contribution in [-0.4, -0.2) is 5.11 Å². The van der Waals surface area contributed by atoms with E-state index in [9.17, 15) is 9.50 Å². The molecule has 0 saturated carbocycles. The fourth-order valence-corrected chi connectivity index (χ4v) is 2.45. The van der Waals surface area contributed by atoms with Crippen LogP contribution in [0.15, 0.2) is 59.1 Å². The van der Waals surface area contributed by atoms with E-state index in [1.165, 1.54) is 6.07 Å². The van der Waals surface area contributed by atoms with E-state index >= 15 is 0 Å². The molecule has 2 nitrogen and oxygen atoms in total. The van der Waals surface area contributed by atoms with E-state index < -0.39 is 0 Å². The standard InChI is InChI=1S/C17H12BrFO2/c18-14-6-5-13(15(19)9-14)10-21-17-8-12-4-2-1-3-11(12)7-16(17)20/h1-9,20H,10H2. The number of hydrogen-bond donors (Lipinski definition) is 1. The highest BCUT2D eigenvalue weighted by Gasteiger charge is 2.08. The predicted molar refractivity (Wildman–Crippen MR) is 84.0 cm³/mol. The van der Waals surface area contributed by atoms with Gasteiger partial charge in [-0.3, -0.25) is 0 Å². The van der Waals surface area contributed by atoms with Gasteiger partial charge in [-0.1, -0.05) is 46.3 Å². The Morgan fingerprint density at radius 1 is 1.00 bits per heavy atom. The first-order valence-corrected chi connectivity index (χ1v) is 7.21. The average molecular weight is 347 g/mol. The molecule has 3 aromatic rings. The second-order valence-corrected chi connectivity index (χ2v) is 5.61. The SMILES string of the molecule is Oc1cc2ccccc2cc1OCc1ccc(Br)cc1F. The second kappa shape index (κ2) is 5.74. The number of halogens is 2. The summed E-state index contributed by atoms with van der Waals surface area (Å²) < 4.78 is 20.0. The number of ether oxygens (including phenoxy) is 1. The Labute approximate surface area is 129 Å². The van der Waals surface area contributed by atoms with E-state index in [-0.39, 0.29) is 18.2 Å². The van der Waals surface area contributed by atoms with E-state index in [1.807, 2.05) is 24.3 Å². The van der Waals surface area contributed by atoms with Crippen molar-refractivity contribution >= 4 is 26.7 Å². The molecule has 0 aliphatic rings. The molecule has 1 N–H and O–H groups in total. The molecule has 0 aliphatic heterocycles. The summed E-state index contributed by atoms with van der Waals surface area (Å²) in [5.74, 6) is 0.0480. The summed E-state index contributed by atoms with van der Waals surface area (Å²) in [6.07, 6.45) is 0. The van der Waals surface area contributed by atoms with Gasteiger partial charge in [-0.05, 0) is 35.0 Å². The molecule has 0 amide bonds. The van der Waals surface area contributed by atoms with Crippen LogP contribution >= 0.6 is 15.9 Å². The Hall–Kier alpha value is -2.07. The predicted octanol–water partition coefficient (Wildman–Crippen LogP) is 5.03. The minimum absolute atomic E-state index is 0.0474. The van der Waals surface area contributed by atoms with Gasteiger partial charge >= 0.3 is 0 Å². The third-order valence-corrected chi connectivity index (χ3v) is 3.72. The third-order valence-electron chi connectivity index (χ3n) is 3.23. The highest BCUT2D eigenvalue weighted by molar-refractivity contribution is 9.10. The maximum Gasteiger partial charge on any atom is 0.162 e. The van der Waals surface area contributed by atoms with Crippen LogP contribution in [0.3, 0.4) is 0 Å². The summed E-state index contributed by atoms with van der Waals surface area (Å²) in [6, 6.07) is 15.8. The first-order valence-electron chi connectivity index (χ1n) is 6.42. The highest BCUT2D eigenvalue weighted by atomic mass is 79.9. The topological polar surface area (TPSA) is 29.5 Å². The minimum Gasteiger partial charge on any atom is -0.504 e. The van der Waals surface area contributed by atoms with Crippen LogP contribution in [0.1, 0.15) is 5.56 Å². The number of fused-ring (bicyclic) bond motifs is 1. The lowest BCUT2D eigenvalue weighted by Gasteiger charge is -2.10. The third kappa shape index (κ3) is 3.00. The van der Waals surface area contributed by atoms with Crippen LogP contribution in [0.4, 0.5) is 4.39 Å². The average Bonchev–Trinajstić information content (AvgIpc) is 2.46. The summed E-state index contributed by atoms with van der Waals surface area (Å²) in [6.45, 7) is 0.0605. The van der Waals surface area contributed by atoms with Crippen LogP contribution in [-0.2, 0) is 6.61 Å². The molecule has 3 aromatic carbocycles. The number of rotatable bonds is 3. The molecule has 3 rings (SSSR count). The molecule has 0 aliphatic carbocycles. The van der Waals surface area contributed by atoms with Crippen LogP contribution in [0.5, 0.6) is 11.5 Å². The first-order chi connectivity index (χ1) is 10.1. The lowest BCUT2D eigenvalue weighted by Crippen LogP contribution is -1.98. The molecule has 21 heavy (non-hydrogen) atoms. The number of hydrogen-bond acceptors (Lipinski definition) is 2. The smallest absolute Gasteiger partial charge is 0.162 e. The van der Waals surface area contributed by atoms with E-state index in [4.69, 9.17) is 4.74 Å². The van der Waals surface area contributed by atoms with Crippen molar-refractivity contribution in [2.45, 2.75) is 6.61 Å². The Morgan fingerprint density at radius 2 is 1.71 bits per heavy atom. The van der Waals surface area contributed by atoms with Crippen molar-refractivity contribution in [1.82, 2.24) is 0 Å². The van der Waals surface area contributed by atoms with Gasteiger partial charge in [0.1, 0.15) is 12.4 Å². The number of phenols is 1. The van der Waals surface area contributed by atoms with Gasteiger partial charge < -0.3 is 9.84 Å². The molecule has 0 radical (unpaired) electrons. The van der Waals surface area contributed by atoms with Crippen molar-refractivity contribution in [2.24, 2.45) is 0 Å². The number of benzene rings is 3. The number of aromatic hydroxyl groups is 1. The Kier molecular flexibility index (Phi) is 3.80. The zero-order valence-corrected chi connectivity index (χ0v) is 12.6. The number of phenolic OH excluding ortho intramolecular Hbond substituents is 1. The van der Waals surface area contributed by atoms with E-state index in [0.29, 0.717) is 15.8 Å². The van der Waals surface area contributed by atoms with Crippen LogP contribution < -0.4 is 4.74 Å². The zero-order chi connectivity index (χ0) is 14.8. The Bertz CT molecular complexity index is 802. The molecule has 0 saturated heterocycles. The maximum atomic E-state index is 13.7. The van der Waals surface area contributed by atoms with Crippen molar-refractivity contribution in [3.63, 3.8) is 0 Å². The van der Waals surface area contributed by atoms with Gasteiger partial charge in [0.25, 0.3) is 0 Å². The van der Waals surface area contributed by atoms with Gasteiger partial charge in [-0.2, -0.15) is 0 Å². The molecule has 0 bridgehead atoms. The minimum atomic E-state index is -0.343. The lowest BCUT2D eigenvalue weighted by molar-refractivity contribution is 0.284. The summed E-state index contributed by atoms with van der Waals surface area (Å²) in [5, 5.41) is 11.9. The second-order valence-electron chi connectivity index (χ2n) is 4.69. The molecule has 0 unspecified atom stereocenters. The van der Waals surface area contributed by atoms with Crippen molar-refractivity contribution in [1.29, 1.82) is 0 Å². The summed E-state index contributed by atoms with van der Waals surface area (Å²) in [7, 11) is 0. The molecular formula is C17H12BrFO2. The van der Waals surface area contributed by atoms with Crippen molar-refractivity contribution < 1.29 is 14.2 Å². The summed E-state index contributed by atoms with van der Waals surface area (Å²) in [5.41, 5.74) is 0.436. The zero-order valence-electron chi connectivity index (χ0n) is 11.0. The first kappa shape index (κ1) is 13.9. The molecule has 0 aromatic heterocycles. The molecule has 4 heteroatoms. The fourth-order valence-electron chi connectivity index (χ4n) is 2.12. The Balaban J connectivity index is 1.86.